The van der Waals surface area contributed by atoms with E-state index in [2.05, 4.69) is 10.3 Å². The first-order valence-electron chi connectivity index (χ1n) is 12.5. The highest BCUT2D eigenvalue weighted by Crippen LogP contribution is 2.29. The molecule has 3 N–H and O–H groups in total. The summed E-state index contributed by atoms with van der Waals surface area (Å²) in [6.45, 7) is 0. The second-order valence-corrected chi connectivity index (χ2v) is 11.6. The molecule has 0 saturated heterocycles. The molecule has 5 rings (SSSR count). The van der Waals surface area contributed by atoms with E-state index in [1.165, 1.54) is 41.7 Å². The molecule has 1 heterocycles. The number of rotatable bonds is 8. The predicted molar refractivity (Wildman–Crippen MR) is 161 cm³/mol. The Labute approximate surface area is 249 Å². The molecule has 0 aliphatic carbocycles. The number of nitro groups is 1. The van der Waals surface area contributed by atoms with Crippen LogP contribution in [0.25, 0.3) is 21.8 Å². The molecule has 4 aromatic carbocycles. The lowest BCUT2D eigenvalue weighted by atomic mass is 10.1. The van der Waals surface area contributed by atoms with Crippen LogP contribution < -0.4 is 10.0 Å². The summed E-state index contributed by atoms with van der Waals surface area (Å²) in [6.07, 6.45) is 0. The molecule has 11 nitrogen and oxygen atoms in total. The van der Waals surface area contributed by atoms with Crippen LogP contribution in [0.15, 0.2) is 113 Å². The van der Waals surface area contributed by atoms with Gasteiger partial charge in [-0.05, 0) is 24.3 Å². The van der Waals surface area contributed by atoms with Crippen LogP contribution in [0, 0.1) is 15.5 Å². The normalized spacial score (nSPS) is 11.0. The standard InChI is InChI=1S/C30H21N5O6S2/c31-27(20-14-12-19(13-15-20)26-18-42-30(32-26)21-6-2-1-3-7-21)33-28(36)22-8-4-9-23(16-22)29(37)34-43(40,41)25-11-5-10-24(17-25)35(38)39/h1-18H,(H,34,37)(H2,31,33,36). The maximum atomic E-state index is 12.9. The van der Waals surface area contributed by atoms with E-state index in [1.807, 2.05) is 40.4 Å². The number of hydrogen-bond donors (Lipinski definition) is 3. The highest BCUT2D eigenvalue weighted by molar-refractivity contribution is 7.90. The smallest absolute Gasteiger partial charge is 0.270 e. The van der Waals surface area contributed by atoms with E-state index in [1.54, 1.807) is 24.3 Å². The summed E-state index contributed by atoms with van der Waals surface area (Å²) in [6, 6.07) is 26.3. The van der Waals surface area contributed by atoms with Crippen molar-refractivity contribution in [1.82, 2.24) is 15.0 Å². The summed E-state index contributed by atoms with van der Waals surface area (Å²) in [5.41, 5.74) is 2.51. The number of nitrogens with one attached hydrogen (secondary N) is 3. The third-order valence-corrected chi connectivity index (χ3v) is 8.41. The number of carbonyl (C=O) groups is 2. The van der Waals surface area contributed by atoms with Gasteiger partial charge in [0.25, 0.3) is 27.5 Å². The molecule has 13 heteroatoms. The van der Waals surface area contributed by atoms with Crippen LogP contribution in [0.1, 0.15) is 26.3 Å². The predicted octanol–water partition coefficient (Wildman–Crippen LogP) is 5.26. The van der Waals surface area contributed by atoms with E-state index in [0.717, 1.165) is 40.0 Å². The zero-order valence-corrected chi connectivity index (χ0v) is 23.7. The van der Waals surface area contributed by atoms with E-state index >= 15 is 0 Å². The van der Waals surface area contributed by atoms with Gasteiger partial charge in [-0.15, -0.1) is 11.3 Å². The minimum Gasteiger partial charge on any atom is -0.307 e. The molecule has 0 radical (unpaired) electrons. The van der Waals surface area contributed by atoms with Crippen molar-refractivity contribution < 1.29 is 22.9 Å². The van der Waals surface area contributed by atoms with Gasteiger partial charge in [0.15, 0.2) is 0 Å². The Morgan fingerprint density at radius 2 is 1.47 bits per heavy atom. The molecule has 0 atom stereocenters. The van der Waals surface area contributed by atoms with Gasteiger partial charge in [0, 0.05) is 45.3 Å². The SMILES string of the molecule is N=C(NC(=O)c1cccc(C(=O)NS(=O)(=O)c2cccc([N+](=O)[O-])c2)c1)c1ccc(-c2csc(-c3ccccc3)n2)cc1. The summed E-state index contributed by atoms with van der Waals surface area (Å²) in [7, 11) is -4.43. The molecule has 1 aromatic heterocycles. The minimum atomic E-state index is -4.43. The van der Waals surface area contributed by atoms with Crippen LogP contribution in [0.3, 0.4) is 0 Å². The molecular weight excluding hydrogens is 590 g/mol. The Balaban J connectivity index is 1.24. The van der Waals surface area contributed by atoms with E-state index in [4.69, 9.17) is 5.41 Å². The van der Waals surface area contributed by atoms with Crippen LogP contribution in [0.5, 0.6) is 0 Å². The number of nitro benzene ring substituents is 1. The van der Waals surface area contributed by atoms with Crippen LogP contribution in [-0.4, -0.2) is 36.0 Å². The number of benzene rings is 4. The second kappa shape index (κ2) is 12.1. The molecule has 0 aliphatic rings. The Hall–Kier alpha value is -5.53. The largest absolute Gasteiger partial charge is 0.307 e. The number of sulfonamides is 1. The van der Waals surface area contributed by atoms with Gasteiger partial charge in [-0.3, -0.25) is 25.1 Å². The molecule has 2 amide bonds. The highest BCUT2D eigenvalue weighted by atomic mass is 32.2. The summed E-state index contributed by atoms with van der Waals surface area (Å²) in [5.74, 6) is -1.90. The van der Waals surface area contributed by atoms with E-state index in [9.17, 15) is 28.1 Å². The molecule has 0 unspecified atom stereocenters. The lowest BCUT2D eigenvalue weighted by molar-refractivity contribution is -0.385. The number of carbonyl (C=O) groups excluding carboxylic acids is 2. The molecule has 0 spiro atoms. The van der Waals surface area contributed by atoms with Crippen LogP contribution in [0.2, 0.25) is 0 Å². The Morgan fingerprint density at radius 3 is 2.16 bits per heavy atom. The number of thiazole rings is 1. The maximum Gasteiger partial charge on any atom is 0.270 e. The fourth-order valence-electron chi connectivity index (χ4n) is 3.99. The molecule has 5 aromatic rings. The first-order valence-corrected chi connectivity index (χ1v) is 14.9. The lowest BCUT2D eigenvalue weighted by Gasteiger charge is -2.10. The molecule has 43 heavy (non-hydrogen) atoms. The third-order valence-electron chi connectivity index (χ3n) is 6.19. The van der Waals surface area contributed by atoms with Gasteiger partial charge in [0.05, 0.1) is 15.5 Å². The number of hydrogen-bond acceptors (Lipinski definition) is 9. The Bertz CT molecular complexity index is 1970. The molecule has 214 valence electrons. The number of nitrogens with zero attached hydrogens (tertiary/aromatic N) is 2. The lowest BCUT2D eigenvalue weighted by Crippen LogP contribution is -2.32. The molecular formula is C30H21N5O6S2. The second-order valence-electron chi connectivity index (χ2n) is 9.08. The maximum absolute atomic E-state index is 12.9. The number of non-ortho nitro benzene ring substituents is 1. The van der Waals surface area contributed by atoms with Gasteiger partial charge in [-0.25, -0.2) is 18.1 Å². The van der Waals surface area contributed by atoms with Gasteiger partial charge in [0.1, 0.15) is 10.8 Å². The van der Waals surface area contributed by atoms with Crippen molar-refractivity contribution in [2.45, 2.75) is 4.90 Å². The van der Waals surface area contributed by atoms with Crippen molar-refractivity contribution in [3.63, 3.8) is 0 Å². The average Bonchev–Trinajstić information content (AvgIpc) is 3.52. The number of aromatic nitrogens is 1. The van der Waals surface area contributed by atoms with Crippen LogP contribution in [0.4, 0.5) is 5.69 Å². The molecule has 0 aliphatic heterocycles. The summed E-state index contributed by atoms with van der Waals surface area (Å²) < 4.78 is 27.1. The molecule has 0 bridgehead atoms. The first kappa shape index (κ1) is 29.0. The fourth-order valence-corrected chi connectivity index (χ4v) is 5.84. The zero-order chi connectivity index (χ0) is 30.6. The van der Waals surface area contributed by atoms with Crippen LogP contribution >= 0.6 is 11.3 Å². The molecule has 0 saturated carbocycles. The van der Waals surface area contributed by atoms with E-state index < -0.39 is 37.3 Å². The topological polar surface area (TPSA) is 172 Å². The van der Waals surface area contributed by atoms with Crippen molar-refractivity contribution in [2.24, 2.45) is 0 Å². The van der Waals surface area contributed by atoms with Crippen molar-refractivity contribution in [3.05, 3.63) is 135 Å². The van der Waals surface area contributed by atoms with Crippen molar-refractivity contribution in [3.8, 4) is 21.8 Å². The highest BCUT2D eigenvalue weighted by Gasteiger charge is 2.22. The van der Waals surface area contributed by atoms with Gasteiger partial charge in [0.2, 0.25) is 0 Å². The van der Waals surface area contributed by atoms with Gasteiger partial charge < -0.3 is 5.32 Å². The zero-order valence-electron chi connectivity index (χ0n) is 22.1. The van der Waals surface area contributed by atoms with Gasteiger partial charge in [-0.2, -0.15) is 0 Å². The van der Waals surface area contributed by atoms with E-state index in [-0.39, 0.29) is 17.0 Å². The van der Waals surface area contributed by atoms with Gasteiger partial charge in [-0.1, -0.05) is 66.7 Å². The van der Waals surface area contributed by atoms with Crippen LogP contribution in [-0.2, 0) is 10.0 Å². The number of amides is 2. The Kier molecular flexibility index (Phi) is 8.18. The Morgan fingerprint density at radius 1 is 0.791 bits per heavy atom. The van der Waals surface area contributed by atoms with Crippen molar-refractivity contribution in [1.29, 1.82) is 5.41 Å². The van der Waals surface area contributed by atoms with E-state index in [0.29, 0.717) is 5.56 Å². The first-order chi connectivity index (χ1) is 20.6. The molecule has 0 fully saturated rings. The number of amidine groups is 1. The third kappa shape index (κ3) is 6.69. The van der Waals surface area contributed by atoms with Crippen molar-refractivity contribution in [2.75, 3.05) is 0 Å². The fraction of sp³-hybridized carbons (Fsp3) is 0. The van der Waals surface area contributed by atoms with Gasteiger partial charge >= 0.3 is 0 Å². The average molecular weight is 612 g/mol. The van der Waals surface area contributed by atoms with Crippen molar-refractivity contribution >= 4 is 44.7 Å². The minimum absolute atomic E-state index is 0.0117. The quantitative estimate of drug-likeness (QED) is 0.0929. The summed E-state index contributed by atoms with van der Waals surface area (Å²) >= 11 is 1.52. The summed E-state index contributed by atoms with van der Waals surface area (Å²) in [4.78, 5) is 40.0. The summed E-state index contributed by atoms with van der Waals surface area (Å²) in [5, 5.41) is 24.6. The monoisotopic (exact) mass is 611 g/mol.